The van der Waals surface area contributed by atoms with Gasteiger partial charge in [-0.15, -0.1) is 5.10 Å². The van der Waals surface area contributed by atoms with E-state index in [1.807, 2.05) is 79.7 Å². The predicted octanol–water partition coefficient (Wildman–Crippen LogP) is 5.08. The van der Waals surface area contributed by atoms with Gasteiger partial charge in [0.2, 0.25) is 11.8 Å². The van der Waals surface area contributed by atoms with Crippen LogP contribution in [0.1, 0.15) is 34.3 Å². The molecule has 6 aromatic rings. The number of hydrogen-bond acceptors (Lipinski definition) is 7. The van der Waals surface area contributed by atoms with Gasteiger partial charge in [-0.05, 0) is 43.3 Å². The van der Waals surface area contributed by atoms with Crippen molar-refractivity contribution in [1.82, 2.24) is 29.4 Å². The van der Waals surface area contributed by atoms with E-state index in [0.717, 1.165) is 34.0 Å². The lowest BCUT2D eigenvalue weighted by atomic mass is 9.88. The van der Waals surface area contributed by atoms with Gasteiger partial charge in [-0.2, -0.15) is 5.10 Å². The third-order valence-electron chi connectivity index (χ3n) is 6.20. The van der Waals surface area contributed by atoms with Crippen molar-refractivity contribution in [3.8, 4) is 23.2 Å². The highest BCUT2D eigenvalue weighted by molar-refractivity contribution is 5.65. The molecule has 1 aliphatic rings. The van der Waals surface area contributed by atoms with Crippen molar-refractivity contribution >= 4 is 5.65 Å². The first-order valence-corrected chi connectivity index (χ1v) is 11.5. The zero-order chi connectivity index (χ0) is 24.1. The average Bonchev–Trinajstić information content (AvgIpc) is 3.67. The van der Waals surface area contributed by atoms with Crippen LogP contribution in [0.2, 0.25) is 0 Å². The molecule has 0 fully saturated rings. The Kier molecular flexibility index (Phi) is 4.60. The van der Waals surface area contributed by atoms with E-state index in [4.69, 9.17) is 24.0 Å². The van der Waals surface area contributed by atoms with Crippen LogP contribution in [0.5, 0.6) is 17.5 Å². The minimum Gasteiger partial charge on any atom is -0.486 e. The fourth-order valence-corrected chi connectivity index (χ4v) is 4.63. The standard InChI is InChI=1S/C27H20N6O3/c1-17-22-23(20-13-8-14-34-20)24-25-29-21(15-35-19-11-6-3-7-12-19)31-32(25)16-28-26(24)36-27(22)33(30-17)18-9-4-2-5-10-18/h2-14,16,23H,15H2,1H3. The molecule has 0 radical (unpaired) electrons. The summed E-state index contributed by atoms with van der Waals surface area (Å²) < 4.78 is 21.6. The number of benzene rings is 2. The van der Waals surface area contributed by atoms with E-state index in [1.54, 1.807) is 21.8 Å². The van der Waals surface area contributed by atoms with E-state index in [0.29, 0.717) is 23.2 Å². The Morgan fingerprint density at radius 1 is 0.917 bits per heavy atom. The van der Waals surface area contributed by atoms with Crippen molar-refractivity contribution < 1.29 is 13.9 Å². The van der Waals surface area contributed by atoms with Crippen LogP contribution in [0.25, 0.3) is 11.3 Å². The maximum atomic E-state index is 6.39. The quantitative estimate of drug-likeness (QED) is 0.342. The molecule has 1 aliphatic heterocycles. The maximum Gasteiger partial charge on any atom is 0.230 e. The van der Waals surface area contributed by atoms with Gasteiger partial charge >= 0.3 is 0 Å². The van der Waals surface area contributed by atoms with E-state index < -0.39 is 0 Å². The fraction of sp³-hybridized carbons (Fsp3) is 0.111. The molecule has 1 unspecified atom stereocenters. The van der Waals surface area contributed by atoms with Crippen LogP contribution in [-0.2, 0) is 6.61 Å². The molecule has 5 heterocycles. The topological polar surface area (TPSA) is 92.5 Å². The molecule has 176 valence electrons. The van der Waals surface area contributed by atoms with Gasteiger partial charge in [0.1, 0.15) is 24.4 Å². The molecule has 0 aliphatic carbocycles. The first-order chi connectivity index (χ1) is 17.8. The molecule has 0 bridgehead atoms. The van der Waals surface area contributed by atoms with Crippen LogP contribution in [0.3, 0.4) is 0 Å². The molecule has 36 heavy (non-hydrogen) atoms. The Morgan fingerprint density at radius 2 is 1.72 bits per heavy atom. The van der Waals surface area contributed by atoms with E-state index in [1.165, 1.54) is 0 Å². The van der Waals surface area contributed by atoms with Gasteiger partial charge < -0.3 is 13.9 Å². The van der Waals surface area contributed by atoms with Crippen molar-refractivity contribution in [3.63, 3.8) is 0 Å². The number of para-hydroxylation sites is 2. The second-order valence-corrected chi connectivity index (χ2v) is 8.46. The zero-order valence-corrected chi connectivity index (χ0v) is 19.3. The zero-order valence-electron chi connectivity index (χ0n) is 19.3. The highest BCUT2D eigenvalue weighted by Gasteiger charge is 2.39. The van der Waals surface area contributed by atoms with Gasteiger partial charge in [-0.3, -0.25) is 0 Å². The summed E-state index contributed by atoms with van der Waals surface area (Å²) in [4.78, 5) is 9.40. The summed E-state index contributed by atoms with van der Waals surface area (Å²) in [6, 6.07) is 23.3. The highest BCUT2D eigenvalue weighted by atomic mass is 16.5. The van der Waals surface area contributed by atoms with E-state index in [2.05, 4.69) is 10.1 Å². The molecule has 1 atom stereocenters. The van der Waals surface area contributed by atoms with Gasteiger partial charge in [0.25, 0.3) is 0 Å². The molecule has 0 saturated carbocycles. The molecule has 0 saturated heterocycles. The number of fused-ring (bicyclic) bond motifs is 4. The smallest absolute Gasteiger partial charge is 0.230 e. The summed E-state index contributed by atoms with van der Waals surface area (Å²) in [7, 11) is 0. The molecule has 9 heteroatoms. The van der Waals surface area contributed by atoms with Crippen molar-refractivity contribution in [1.29, 1.82) is 0 Å². The number of rotatable bonds is 5. The lowest BCUT2D eigenvalue weighted by molar-refractivity contribution is 0.296. The van der Waals surface area contributed by atoms with Crippen molar-refractivity contribution in [2.45, 2.75) is 19.4 Å². The Labute approximate surface area is 205 Å². The number of ether oxygens (including phenoxy) is 2. The highest BCUT2D eigenvalue weighted by Crippen LogP contribution is 2.49. The Balaban J connectivity index is 1.37. The van der Waals surface area contributed by atoms with Crippen LogP contribution < -0.4 is 9.47 Å². The number of hydrogen-bond donors (Lipinski definition) is 0. The summed E-state index contributed by atoms with van der Waals surface area (Å²) in [6.07, 6.45) is 3.27. The van der Waals surface area contributed by atoms with Gasteiger partial charge in [-0.25, -0.2) is 19.2 Å². The third kappa shape index (κ3) is 3.24. The van der Waals surface area contributed by atoms with Crippen molar-refractivity contribution in [2.24, 2.45) is 0 Å². The number of nitrogens with zero attached hydrogens (tertiary/aromatic N) is 6. The van der Waals surface area contributed by atoms with E-state index in [-0.39, 0.29) is 12.5 Å². The van der Waals surface area contributed by atoms with Gasteiger partial charge in [0.05, 0.1) is 34.7 Å². The Hall–Kier alpha value is -4.92. The molecular weight excluding hydrogens is 456 g/mol. The fourth-order valence-electron chi connectivity index (χ4n) is 4.63. The molecule has 7 rings (SSSR count). The van der Waals surface area contributed by atoms with Gasteiger partial charge in [0, 0.05) is 0 Å². The van der Waals surface area contributed by atoms with E-state index in [9.17, 15) is 0 Å². The van der Waals surface area contributed by atoms with Crippen LogP contribution >= 0.6 is 0 Å². The largest absolute Gasteiger partial charge is 0.486 e. The number of aryl methyl sites for hydroxylation is 1. The summed E-state index contributed by atoms with van der Waals surface area (Å²) >= 11 is 0. The Morgan fingerprint density at radius 3 is 2.50 bits per heavy atom. The number of aromatic nitrogens is 6. The van der Waals surface area contributed by atoms with Crippen LogP contribution in [-0.4, -0.2) is 29.4 Å². The predicted molar refractivity (Wildman–Crippen MR) is 130 cm³/mol. The van der Waals surface area contributed by atoms with Gasteiger partial charge in [-0.1, -0.05) is 36.4 Å². The molecule has 0 N–H and O–H groups in total. The summed E-state index contributed by atoms with van der Waals surface area (Å²) in [5.74, 6) is 2.76. The third-order valence-corrected chi connectivity index (χ3v) is 6.20. The minimum absolute atomic E-state index is 0.225. The van der Waals surface area contributed by atoms with Gasteiger partial charge in [0.15, 0.2) is 11.5 Å². The summed E-state index contributed by atoms with van der Waals surface area (Å²) in [5, 5.41) is 9.41. The Bertz CT molecular complexity index is 1670. The normalized spacial score (nSPS) is 14.3. The van der Waals surface area contributed by atoms with Crippen LogP contribution in [0.4, 0.5) is 0 Å². The average molecular weight is 476 g/mol. The van der Waals surface area contributed by atoms with Crippen molar-refractivity contribution in [3.05, 3.63) is 114 Å². The molecule has 4 aromatic heterocycles. The second kappa shape index (κ2) is 8.09. The lowest BCUT2D eigenvalue weighted by Crippen LogP contribution is -2.15. The molecule has 0 spiro atoms. The SMILES string of the molecule is Cc1nn(-c2ccccc2)c2c1C(c1ccco1)c1c(ncn3nc(COc4ccccc4)nc13)O2. The first kappa shape index (κ1) is 20.5. The maximum absolute atomic E-state index is 6.39. The number of furan rings is 1. The molecule has 9 nitrogen and oxygen atoms in total. The molecule has 2 aromatic carbocycles. The minimum atomic E-state index is -0.320. The van der Waals surface area contributed by atoms with Crippen molar-refractivity contribution in [2.75, 3.05) is 0 Å². The second-order valence-electron chi connectivity index (χ2n) is 8.46. The summed E-state index contributed by atoms with van der Waals surface area (Å²) in [6.45, 7) is 2.20. The summed E-state index contributed by atoms with van der Waals surface area (Å²) in [5.41, 5.74) is 4.03. The van der Waals surface area contributed by atoms with Crippen LogP contribution in [0.15, 0.2) is 89.8 Å². The molecular formula is C27H20N6O3. The first-order valence-electron chi connectivity index (χ1n) is 11.5. The monoisotopic (exact) mass is 476 g/mol. The molecule has 0 amide bonds. The lowest BCUT2D eigenvalue weighted by Gasteiger charge is -2.24. The van der Waals surface area contributed by atoms with E-state index >= 15 is 0 Å². The van der Waals surface area contributed by atoms with Crippen LogP contribution in [0, 0.1) is 6.92 Å².